The number of nitrogens with one attached hydrogen (secondary N) is 1. The number of anilines is 1. The zero-order chi connectivity index (χ0) is 13.6. The maximum atomic E-state index is 11.5. The maximum Gasteiger partial charge on any atom is 0.179 e. The van der Waals surface area contributed by atoms with Crippen LogP contribution in [-0.2, 0) is 9.84 Å². The molecule has 1 heterocycles. The van der Waals surface area contributed by atoms with Gasteiger partial charge in [0.15, 0.2) is 9.84 Å². The molecule has 0 aliphatic heterocycles. The molecule has 0 amide bonds. The van der Waals surface area contributed by atoms with Gasteiger partial charge in [0.1, 0.15) is 10.7 Å². The van der Waals surface area contributed by atoms with Gasteiger partial charge in [0.25, 0.3) is 0 Å². The Bertz CT molecular complexity index is 474. The highest BCUT2D eigenvalue weighted by Crippen LogP contribution is 2.17. The third-order valence-corrected chi connectivity index (χ3v) is 3.87. The van der Waals surface area contributed by atoms with Crippen molar-refractivity contribution < 1.29 is 8.42 Å². The van der Waals surface area contributed by atoms with Gasteiger partial charge < -0.3 is 11.1 Å². The Hall–Kier alpha value is -1.14. The van der Waals surface area contributed by atoms with E-state index in [1.54, 1.807) is 18.3 Å². The molecule has 18 heavy (non-hydrogen) atoms. The molecular weight excluding hydrogens is 250 g/mol. The van der Waals surface area contributed by atoms with E-state index in [-0.39, 0.29) is 4.90 Å². The van der Waals surface area contributed by atoms with E-state index in [1.165, 1.54) is 6.26 Å². The molecule has 6 heteroatoms. The fraction of sp³-hybridized carbons (Fsp3) is 0.583. The molecule has 5 nitrogen and oxygen atoms in total. The molecule has 3 N–H and O–H groups in total. The van der Waals surface area contributed by atoms with E-state index in [0.29, 0.717) is 24.8 Å². The van der Waals surface area contributed by atoms with Gasteiger partial charge >= 0.3 is 0 Å². The Labute approximate surface area is 109 Å². The quantitative estimate of drug-likeness (QED) is 0.730. The summed E-state index contributed by atoms with van der Waals surface area (Å²) in [6.07, 6.45) is 4.73. The summed E-state index contributed by atoms with van der Waals surface area (Å²) in [5.41, 5.74) is 5.53. The highest BCUT2D eigenvalue weighted by molar-refractivity contribution is 7.90. The Kier molecular flexibility index (Phi) is 5.55. The van der Waals surface area contributed by atoms with Crippen LogP contribution in [0.2, 0.25) is 0 Å². The highest BCUT2D eigenvalue weighted by atomic mass is 32.2. The van der Waals surface area contributed by atoms with Crippen molar-refractivity contribution in [2.24, 2.45) is 11.7 Å². The molecule has 0 fully saturated rings. The molecule has 1 aromatic heterocycles. The Morgan fingerprint density at radius 2 is 2.22 bits per heavy atom. The van der Waals surface area contributed by atoms with Crippen molar-refractivity contribution in [2.75, 3.05) is 24.7 Å². The minimum Gasteiger partial charge on any atom is -0.369 e. The number of rotatable bonds is 7. The van der Waals surface area contributed by atoms with E-state index in [9.17, 15) is 8.42 Å². The molecule has 0 aromatic carbocycles. The number of aromatic nitrogens is 1. The number of hydrogen-bond donors (Lipinski definition) is 2. The molecule has 1 aromatic rings. The monoisotopic (exact) mass is 271 g/mol. The molecule has 0 saturated carbocycles. The van der Waals surface area contributed by atoms with Gasteiger partial charge in [-0.05, 0) is 37.4 Å². The van der Waals surface area contributed by atoms with Gasteiger partial charge in [-0.1, -0.05) is 6.92 Å². The first kappa shape index (κ1) is 14.9. The van der Waals surface area contributed by atoms with Gasteiger partial charge in [-0.15, -0.1) is 0 Å². The molecule has 0 radical (unpaired) electrons. The second kappa shape index (κ2) is 6.70. The van der Waals surface area contributed by atoms with Gasteiger partial charge in [-0.3, -0.25) is 0 Å². The molecular formula is C12H21N3O2S. The summed E-state index contributed by atoms with van der Waals surface area (Å²) in [5.74, 6) is 0.922. The van der Waals surface area contributed by atoms with E-state index in [4.69, 9.17) is 5.73 Å². The predicted molar refractivity (Wildman–Crippen MR) is 73.3 cm³/mol. The minimum atomic E-state index is -3.24. The fourth-order valence-corrected chi connectivity index (χ4v) is 2.40. The van der Waals surface area contributed by atoms with E-state index in [1.807, 2.05) is 0 Å². The zero-order valence-corrected chi connectivity index (χ0v) is 11.7. The van der Waals surface area contributed by atoms with Crippen molar-refractivity contribution in [3.8, 4) is 0 Å². The summed E-state index contributed by atoms with van der Waals surface area (Å²) < 4.78 is 23.1. The number of sulfone groups is 1. The second-order valence-electron chi connectivity index (χ2n) is 4.53. The first-order chi connectivity index (χ1) is 8.45. The topological polar surface area (TPSA) is 85.1 Å². The summed E-state index contributed by atoms with van der Waals surface area (Å²) in [6, 6.07) is 3.19. The Morgan fingerprint density at radius 3 is 2.83 bits per heavy atom. The van der Waals surface area contributed by atoms with Gasteiger partial charge in [-0.2, -0.15) is 0 Å². The van der Waals surface area contributed by atoms with E-state index in [0.717, 1.165) is 12.8 Å². The standard InChI is InChI=1S/C12H21N3O2S/c1-10(9-13)5-3-7-14-12-11(18(2,16)17)6-4-8-15-12/h4,6,8,10H,3,5,7,9,13H2,1-2H3,(H,14,15). The van der Waals surface area contributed by atoms with Crippen molar-refractivity contribution in [1.29, 1.82) is 0 Å². The summed E-state index contributed by atoms with van der Waals surface area (Å²) in [7, 11) is -3.24. The number of pyridine rings is 1. The first-order valence-electron chi connectivity index (χ1n) is 6.04. The third kappa shape index (κ3) is 4.62. The van der Waals surface area contributed by atoms with Gasteiger partial charge in [0.05, 0.1) is 0 Å². The average Bonchev–Trinajstić information content (AvgIpc) is 2.33. The largest absolute Gasteiger partial charge is 0.369 e. The fourth-order valence-electron chi connectivity index (χ4n) is 1.60. The zero-order valence-electron chi connectivity index (χ0n) is 10.9. The van der Waals surface area contributed by atoms with Crippen LogP contribution in [0.3, 0.4) is 0 Å². The summed E-state index contributed by atoms with van der Waals surface area (Å²) in [6.45, 7) is 3.48. The minimum absolute atomic E-state index is 0.247. The van der Waals surface area contributed by atoms with E-state index >= 15 is 0 Å². The molecule has 102 valence electrons. The van der Waals surface area contributed by atoms with Crippen molar-refractivity contribution >= 4 is 15.7 Å². The molecule has 0 bridgehead atoms. The van der Waals surface area contributed by atoms with Gasteiger partial charge in [-0.25, -0.2) is 13.4 Å². The lowest BCUT2D eigenvalue weighted by Crippen LogP contribution is -2.13. The molecule has 1 rings (SSSR count). The van der Waals surface area contributed by atoms with E-state index < -0.39 is 9.84 Å². The van der Waals surface area contributed by atoms with Crippen LogP contribution < -0.4 is 11.1 Å². The second-order valence-corrected chi connectivity index (χ2v) is 6.52. The SMILES string of the molecule is CC(CN)CCCNc1ncccc1S(C)(=O)=O. The Morgan fingerprint density at radius 1 is 1.50 bits per heavy atom. The highest BCUT2D eigenvalue weighted by Gasteiger charge is 2.13. The first-order valence-corrected chi connectivity index (χ1v) is 7.93. The maximum absolute atomic E-state index is 11.5. The van der Waals surface area contributed by atoms with Crippen LogP contribution in [0.5, 0.6) is 0 Å². The van der Waals surface area contributed by atoms with Gasteiger partial charge in [0, 0.05) is 19.0 Å². The number of nitrogens with two attached hydrogens (primary N) is 1. The van der Waals surface area contributed by atoms with Crippen molar-refractivity contribution in [2.45, 2.75) is 24.7 Å². The smallest absolute Gasteiger partial charge is 0.179 e. The third-order valence-electron chi connectivity index (χ3n) is 2.74. The summed E-state index contributed by atoms with van der Waals surface area (Å²) in [5, 5.41) is 3.07. The van der Waals surface area contributed by atoms with E-state index in [2.05, 4.69) is 17.2 Å². The van der Waals surface area contributed by atoms with Crippen LogP contribution in [0, 0.1) is 5.92 Å². The lowest BCUT2D eigenvalue weighted by Gasteiger charge is -2.11. The van der Waals surface area contributed by atoms with Crippen molar-refractivity contribution in [1.82, 2.24) is 4.98 Å². The van der Waals surface area contributed by atoms with Crippen LogP contribution in [0.4, 0.5) is 5.82 Å². The molecule has 0 spiro atoms. The molecule has 0 aliphatic rings. The predicted octanol–water partition coefficient (Wildman–Crippen LogP) is 1.27. The van der Waals surface area contributed by atoms with Crippen LogP contribution in [0.15, 0.2) is 23.2 Å². The van der Waals surface area contributed by atoms with Crippen molar-refractivity contribution in [3.05, 3.63) is 18.3 Å². The van der Waals surface area contributed by atoms with Gasteiger partial charge in [0.2, 0.25) is 0 Å². The average molecular weight is 271 g/mol. The number of nitrogens with zero attached hydrogens (tertiary/aromatic N) is 1. The van der Waals surface area contributed by atoms with Crippen LogP contribution in [0.25, 0.3) is 0 Å². The lowest BCUT2D eigenvalue weighted by molar-refractivity contribution is 0.529. The summed E-state index contributed by atoms with van der Waals surface area (Å²) >= 11 is 0. The Balaban J connectivity index is 2.58. The van der Waals surface area contributed by atoms with Crippen molar-refractivity contribution in [3.63, 3.8) is 0 Å². The lowest BCUT2D eigenvalue weighted by atomic mass is 10.1. The van der Waals surface area contributed by atoms with Crippen LogP contribution in [-0.4, -0.2) is 32.7 Å². The summed E-state index contributed by atoms with van der Waals surface area (Å²) in [4.78, 5) is 4.31. The van der Waals surface area contributed by atoms with Crippen LogP contribution >= 0.6 is 0 Å². The molecule has 0 aliphatic carbocycles. The normalized spacial score (nSPS) is 13.3. The molecule has 1 unspecified atom stereocenters. The van der Waals surface area contributed by atoms with Crippen LogP contribution in [0.1, 0.15) is 19.8 Å². The number of hydrogen-bond acceptors (Lipinski definition) is 5. The molecule has 1 atom stereocenters. The molecule has 0 saturated heterocycles.